The molecule has 0 saturated heterocycles. The number of unbranched alkanes of at least 4 members (excludes halogenated alkanes) is 3. The fraction of sp³-hybridized carbons (Fsp3) is 0.923. The van der Waals surface area contributed by atoms with E-state index in [2.05, 4.69) is 24.5 Å². The minimum atomic E-state index is -0.330. The van der Waals surface area contributed by atoms with Crippen LogP contribution in [0.5, 0.6) is 0 Å². The van der Waals surface area contributed by atoms with Crippen LogP contribution in [0.1, 0.15) is 46.0 Å². The lowest BCUT2D eigenvalue weighted by molar-refractivity contribution is 0.147. The average Bonchev–Trinajstić information content (AvgIpc) is 2.35. The van der Waals surface area contributed by atoms with Crippen molar-refractivity contribution in [1.29, 1.82) is 0 Å². The van der Waals surface area contributed by atoms with E-state index in [4.69, 9.17) is 10.5 Å². The Morgan fingerprint density at radius 1 is 1.11 bits per heavy atom. The first-order valence-electron chi connectivity index (χ1n) is 6.98. The molecule has 0 aromatic rings. The molecule has 18 heavy (non-hydrogen) atoms. The molecule has 0 aliphatic heterocycles. The highest BCUT2D eigenvalue weighted by molar-refractivity contribution is 5.66. The second-order valence-corrected chi connectivity index (χ2v) is 4.08. The van der Waals surface area contributed by atoms with Crippen molar-refractivity contribution < 1.29 is 9.53 Å². The van der Waals surface area contributed by atoms with Crippen LogP contribution in [0.3, 0.4) is 0 Å². The molecule has 0 fully saturated rings. The summed E-state index contributed by atoms with van der Waals surface area (Å²) in [5.41, 5.74) is 5.36. The number of hydrogen-bond acceptors (Lipinski definition) is 4. The fourth-order valence-corrected chi connectivity index (χ4v) is 1.11. The van der Waals surface area contributed by atoms with Gasteiger partial charge in [0.25, 0.3) is 0 Å². The Hall–Kier alpha value is -0.810. The summed E-state index contributed by atoms with van der Waals surface area (Å²) in [4.78, 5) is 11.0. The molecule has 5 heteroatoms. The number of amides is 1. The van der Waals surface area contributed by atoms with Crippen LogP contribution in [0.4, 0.5) is 4.79 Å². The molecule has 110 valence electrons. The summed E-state index contributed by atoms with van der Waals surface area (Å²) in [5, 5.41) is 5.59. The number of alkyl carbamates (subject to hydrolysis) is 1. The lowest BCUT2D eigenvalue weighted by atomic mass is 10.2. The van der Waals surface area contributed by atoms with Crippen molar-refractivity contribution in [1.82, 2.24) is 10.6 Å². The third-order valence-electron chi connectivity index (χ3n) is 1.99. The van der Waals surface area contributed by atoms with E-state index in [0.717, 1.165) is 32.2 Å². The van der Waals surface area contributed by atoms with Gasteiger partial charge in [-0.1, -0.05) is 33.1 Å². The third-order valence-corrected chi connectivity index (χ3v) is 1.99. The summed E-state index contributed by atoms with van der Waals surface area (Å²) < 4.78 is 4.88. The van der Waals surface area contributed by atoms with Gasteiger partial charge < -0.3 is 21.1 Å². The number of likely N-dealkylation sites (N-methyl/N-ethyl adjacent to an activating group) is 1. The molecule has 0 spiro atoms. The molecule has 0 aliphatic rings. The quantitative estimate of drug-likeness (QED) is 0.554. The molecule has 0 radical (unpaired) electrons. The SMILES string of the molecule is CCC.CNCCOC(=O)NCCCCCCN. The van der Waals surface area contributed by atoms with Crippen molar-refractivity contribution in [3.63, 3.8) is 0 Å². The largest absolute Gasteiger partial charge is 0.448 e. The standard InChI is InChI=1S/C10H23N3O2.C3H8/c1-12-8-9-15-10(14)13-7-5-3-2-4-6-11;1-3-2/h12H,2-9,11H2,1H3,(H,13,14);3H2,1-2H3. The monoisotopic (exact) mass is 261 g/mol. The van der Waals surface area contributed by atoms with Gasteiger partial charge in [-0.2, -0.15) is 0 Å². The van der Waals surface area contributed by atoms with Gasteiger partial charge in [0, 0.05) is 13.1 Å². The molecule has 0 bridgehead atoms. The van der Waals surface area contributed by atoms with Gasteiger partial charge in [0.05, 0.1) is 0 Å². The van der Waals surface area contributed by atoms with Gasteiger partial charge >= 0.3 is 6.09 Å². The van der Waals surface area contributed by atoms with Crippen LogP contribution in [-0.4, -0.2) is 39.4 Å². The van der Waals surface area contributed by atoms with Gasteiger partial charge in [-0.3, -0.25) is 0 Å². The van der Waals surface area contributed by atoms with Crippen molar-refractivity contribution in [2.75, 3.05) is 33.3 Å². The molecular formula is C13H31N3O2. The zero-order valence-corrected chi connectivity index (χ0v) is 12.3. The van der Waals surface area contributed by atoms with Crippen molar-refractivity contribution in [3.05, 3.63) is 0 Å². The molecule has 0 rings (SSSR count). The van der Waals surface area contributed by atoms with E-state index in [1.807, 2.05) is 7.05 Å². The molecule has 5 nitrogen and oxygen atoms in total. The lowest BCUT2D eigenvalue weighted by Crippen LogP contribution is -2.27. The third kappa shape index (κ3) is 20.6. The second-order valence-electron chi connectivity index (χ2n) is 4.08. The molecule has 0 heterocycles. The summed E-state index contributed by atoms with van der Waals surface area (Å²) in [7, 11) is 1.82. The first kappa shape index (κ1) is 19.5. The van der Waals surface area contributed by atoms with Crippen LogP contribution in [-0.2, 0) is 4.74 Å². The first-order chi connectivity index (χ1) is 8.72. The Kier molecular flexibility index (Phi) is 20.1. The predicted octanol–water partition coefficient (Wildman–Crippen LogP) is 1.87. The summed E-state index contributed by atoms with van der Waals surface area (Å²) in [6, 6.07) is 0. The van der Waals surface area contributed by atoms with E-state index in [1.54, 1.807) is 0 Å². The van der Waals surface area contributed by atoms with E-state index in [-0.39, 0.29) is 6.09 Å². The van der Waals surface area contributed by atoms with Crippen molar-refractivity contribution in [3.8, 4) is 0 Å². The maximum absolute atomic E-state index is 11.0. The molecule has 0 aliphatic carbocycles. The number of carbonyl (C=O) groups is 1. The summed E-state index contributed by atoms with van der Waals surface area (Å²) in [6.45, 7) is 6.78. The van der Waals surface area contributed by atoms with Gasteiger partial charge in [0.1, 0.15) is 6.61 Å². The van der Waals surface area contributed by atoms with Crippen LogP contribution in [0.2, 0.25) is 0 Å². The molecular weight excluding hydrogens is 230 g/mol. The predicted molar refractivity (Wildman–Crippen MR) is 76.8 cm³/mol. The Morgan fingerprint density at radius 3 is 2.28 bits per heavy atom. The fourth-order valence-electron chi connectivity index (χ4n) is 1.11. The van der Waals surface area contributed by atoms with E-state index >= 15 is 0 Å². The topological polar surface area (TPSA) is 76.4 Å². The van der Waals surface area contributed by atoms with Gasteiger partial charge in [-0.05, 0) is 26.4 Å². The summed E-state index contributed by atoms with van der Waals surface area (Å²) >= 11 is 0. The smallest absolute Gasteiger partial charge is 0.407 e. The number of carbonyl (C=O) groups excluding carboxylic acids is 1. The van der Waals surface area contributed by atoms with Crippen LogP contribution in [0, 0.1) is 0 Å². The van der Waals surface area contributed by atoms with Gasteiger partial charge in [0.2, 0.25) is 0 Å². The maximum Gasteiger partial charge on any atom is 0.407 e. The molecule has 0 unspecified atom stereocenters. The maximum atomic E-state index is 11.0. The average molecular weight is 261 g/mol. The number of nitrogens with one attached hydrogen (secondary N) is 2. The Balaban J connectivity index is 0. The van der Waals surface area contributed by atoms with Crippen LogP contribution >= 0.6 is 0 Å². The molecule has 1 amide bonds. The Labute approximate surface area is 112 Å². The van der Waals surface area contributed by atoms with Gasteiger partial charge in [0.15, 0.2) is 0 Å². The zero-order valence-electron chi connectivity index (χ0n) is 12.3. The minimum Gasteiger partial charge on any atom is -0.448 e. The highest BCUT2D eigenvalue weighted by Crippen LogP contribution is 1.96. The van der Waals surface area contributed by atoms with Crippen molar-refractivity contribution in [2.24, 2.45) is 5.73 Å². The first-order valence-corrected chi connectivity index (χ1v) is 6.98. The number of rotatable bonds is 9. The molecule has 4 N–H and O–H groups in total. The normalized spacial score (nSPS) is 9.33. The zero-order chi connectivity index (χ0) is 14.1. The molecule has 0 aromatic heterocycles. The molecule has 0 saturated carbocycles. The van der Waals surface area contributed by atoms with E-state index in [1.165, 1.54) is 6.42 Å². The van der Waals surface area contributed by atoms with E-state index < -0.39 is 0 Å². The highest BCUT2D eigenvalue weighted by atomic mass is 16.5. The van der Waals surface area contributed by atoms with Gasteiger partial charge in [-0.25, -0.2) is 4.79 Å². The highest BCUT2D eigenvalue weighted by Gasteiger charge is 1.99. The number of ether oxygens (including phenoxy) is 1. The Bertz CT molecular complexity index is 166. The number of nitrogens with two attached hydrogens (primary N) is 1. The van der Waals surface area contributed by atoms with E-state index in [0.29, 0.717) is 19.7 Å². The van der Waals surface area contributed by atoms with Crippen LogP contribution in [0.25, 0.3) is 0 Å². The second kappa shape index (κ2) is 18.6. The lowest BCUT2D eigenvalue weighted by Gasteiger charge is -2.06. The Morgan fingerprint density at radius 2 is 1.72 bits per heavy atom. The number of hydrogen-bond donors (Lipinski definition) is 3. The molecule has 0 atom stereocenters. The summed E-state index contributed by atoms with van der Waals surface area (Å²) in [5.74, 6) is 0. The summed E-state index contributed by atoms with van der Waals surface area (Å²) in [6.07, 6.45) is 5.21. The van der Waals surface area contributed by atoms with Gasteiger partial charge in [-0.15, -0.1) is 0 Å². The van der Waals surface area contributed by atoms with Crippen molar-refractivity contribution >= 4 is 6.09 Å². The van der Waals surface area contributed by atoms with Crippen LogP contribution in [0.15, 0.2) is 0 Å². The van der Waals surface area contributed by atoms with Crippen LogP contribution < -0.4 is 16.4 Å². The minimum absolute atomic E-state index is 0.330. The molecule has 0 aromatic carbocycles. The van der Waals surface area contributed by atoms with E-state index in [9.17, 15) is 4.79 Å². The van der Waals surface area contributed by atoms with Crippen molar-refractivity contribution in [2.45, 2.75) is 46.0 Å².